The summed E-state index contributed by atoms with van der Waals surface area (Å²) >= 11 is 0. The molecule has 2 N–H and O–H groups in total. The molecule has 1 aromatic heterocycles. The van der Waals surface area contributed by atoms with Crippen molar-refractivity contribution >= 4 is 22.5 Å². The Morgan fingerprint density at radius 2 is 1.62 bits per heavy atom. The average Bonchev–Trinajstić information content (AvgIpc) is 2.83. The number of carbonyl (C=O) groups excluding carboxylic acids is 1. The number of hydrogen-bond acceptors (Lipinski definition) is 4. The second-order valence-corrected chi connectivity index (χ2v) is 8.14. The topological polar surface area (TPSA) is 65.5 Å². The van der Waals surface area contributed by atoms with Crippen LogP contribution in [0.1, 0.15) is 32.6 Å². The SMILES string of the molecule is Cc1ccc(CN(C)c2c(C(=O)NO)cnc3ccc(CCc4ccccc4)cc23)cc1. The number of pyridine rings is 1. The molecule has 3 aromatic carbocycles. The first kappa shape index (κ1) is 21.5. The smallest absolute Gasteiger partial charge is 0.278 e. The number of anilines is 1. The van der Waals surface area contributed by atoms with Crippen molar-refractivity contribution in [3.8, 4) is 0 Å². The molecule has 4 aromatic rings. The number of fused-ring (bicyclic) bond motifs is 1. The second-order valence-electron chi connectivity index (χ2n) is 8.14. The van der Waals surface area contributed by atoms with Crippen molar-refractivity contribution in [2.75, 3.05) is 11.9 Å². The van der Waals surface area contributed by atoms with E-state index in [9.17, 15) is 10.0 Å². The largest absolute Gasteiger partial charge is 0.369 e. The van der Waals surface area contributed by atoms with Crippen LogP contribution in [0.15, 0.2) is 79.0 Å². The van der Waals surface area contributed by atoms with Crippen LogP contribution in [-0.4, -0.2) is 23.1 Å². The van der Waals surface area contributed by atoms with E-state index in [-0.39, 0.29) is 0 Å². The summed E-state index contributed by atoms with van der Waals surface area (Å²) in [5.41, 5.74) is 8.48. The lowest BCUT2D eigenvalue weighted by atomic mass is 10.0. The van der Waals surface area contributed by atoms with E-state index < -0.39 is 5.91 Å². The van der Waals surface area contributed by atoms with Gasteiger partial charge < -0.3 is 4.90 Å². The van der Waals surface area contributed by atoms with Gasteiger partial charge in [0.15, 0.2) is 0 Å². The molecule has 0 bridgehead atoms. The van der Waals surface area contributed by atoms with Crippen LogP contribution in [0.4, 0.5) is 5.69 Å². The molecule has 0 unspecified atom stereocenters. The highest BCUT2D eigenvalue weighted by Gasteiger charge is 2.19. The number of amides is 1. The molecule has 0 fully saturated rings. The second kappa shape index (κ2) is 9.62. The van der Waals surface area contributed by atoms with E-state index >= 15 is 0 Å². The maximum absolute atomic E-state index is 12.4. The fourth-order valence-electron chi connectivity index (χ4n) is 4.00. The highest BCUT2D eigenvalue weighted by molar-refractivity contribution is 6.07. The normalized spacial score (nSPS) is 10.8. The molecule has 0 saturated carbocycles. The molecule has 162 valence electrons. The van der Waals surface area contributed by atoms with Crippen molar-refractivity contribution < 1.29 is 10.0 Å². The van der Waals surface area contributed by atoms with Gasteiger partial charge in [-0.2, -0.15) is 0 Å². The van der Waals surface area contributed by atoms with Crippen LogP contribution in [0.5, 0.6) is 0 Å². The average molecular weight is 426 g/mol. The number of aromatic nitrogens is 1. The Morgan fingerprint density at radius 1 is 0.938 bits per heavy atom. The molecule has 0 aliphatic heterocycles. The Labute approximate surface area is 188 Å². The first-order valence-corrected chi connectivity index (χ1v) is 10.7. The van der Waals surface area contributed by atoms with Gasteiger partial charge in [0.1, 0.15) is 0 Å². The molecule has 0 spiro atoms. The van der Waals surface area contributed by atoms with Gasteiger partial charge in [-0.15, -0.1) is 0 Å². The minimum absolute atomic E-state index is 0.342. The molecule has 0 radical (unpaired) electrons. The van der Waals surface area contributed by atoms with E-state index in [1.807, 2.05) is 24.1 Å². The summed E-state index contributed by atoms with van der Waals surface area (Å²) in [7, 11) is 1.96. The molecule has 0 aliphatic carbocycles. The Balaban J connectivity index is 1.72. The lowest BCUT2D eigenvalue weighted by Gasteiger charge is -2.24. The zero-order valence-electron chi connectivity index (χ0n) is 18.4. The van der Waals surface area contributed by atoms with Crippen molar-refractivity contribution in [1.82, 2.24) is 10.5 Å². The van der Waals surface area contributed by atoms with Crippen molar-refractivity contribution in [2.24, 2.45) is 0 Å². The van der Waals surface area contributed by atoms with Gasteiger partial charge >= 0.3 is 0 Å². The summed E-state index contributed by atoms with van der Waals surface area (Å²) < 4.78 is 0. The monoisotopic (exact) mass is 425 g/mol. The van der Waals surface area contributed by atoms with Gasteiger partial charge in [-0.1, -0.05) is 66.2 Å². The van der Waals surface area contributed by atoms with Crippen LogP contribution < -0.4 is 10.4 Å². The zero-order valence-corrected chi connectivity index (χ0v) is 18.4. The van der Waals surface area contributed by atoms with E-state index in [0.717, 1.165) is 35.0 Å². The predicted octanol–water partition coefficient (Wildman–Crippen LogP) is 5.08. The summed E-state index contributed by atoms with van der Waals surface area (Å²) in [6.07, 6.45) is 3.35. The summed E-state index contributed by atoms with van der Waals surface area (Å²) in [6, 6.07) is 24.9. The van der Waals surface area contributed by atoms with Crippen LogP contribution in [0.25, 0.3) is 10.9 Å². The number of hydroxylamine groups is 1. The van der Waals surface area contributed by atoms with Gasteiger partial charge in [0.05, 0.1) is 16.8 Å². The van der Waals surface area contributed by atoms with E-state index in [2.05, 4.69) is 72.6 Å². The van der Waals surface area contributed by atoms with Crippen LogP contribution in [-0.2, 0) is 19.4 Å². The predicted molar refractivity (Wildman–Crippen MR) is 128 cm³/mol. The number of rotatable bonds is 7. The van der Waals surface area contributed by atoms with E-state index in [4.69, 9.17) is 0 Å². The third-order valence-electron chi connectivity index (χ3n) is 5.72. The number of nitrogens with zero attached hydrogens (tertiary/aromatic N) is 2. The van der Waals surface area contributed by atoms with Crippen LogP contribution in [0.2, 0.25) is 0 Å². The molecule has 5 heteroatoms. The van der Waals surface area contributed by atoms with Gasteiger partial charge in [0, 0.05) is 25.2 Å². The highest BCUT2D eigenvalue weighted by atomic mass is 16.5. The Kier molecular flexibility index (Phi) is 6.47. The summed E-state index contributed by atoms with van der Waals surface area (Å²) in [5.74, 6) is -0.570. The minimum atomic E-state index is -0.570. The summed E-state index contributed by atoms with van der Waals surface area (Å²) in [4.78, 5) is 19.0. The molecule has 1 heterocycles. The van der Waals surface area contributed by atoms with Gasteiger partial charge in [-0.3, -0.25) is 15.0 Å². The zero-order chi connectivity index (χ0) is 22.5. The summed E-state index contributed by atoms with van der Waals surface area (Å²) in [5, 5.41) is 10.2. The molecular weight excluding hydrogens is 398 g/mol. The fourth-order valence-corrected chi connectivity index (χ4v) is 4.00. The molecular formula is C27H27N3O2. The van der Waals surface area contributed by atoms with E-state index in [1.165, 1.54) is 22.9 Å². The van der Waals surface area contributed by atoms with Gasteiger partial charge in [-0.05, 0) is 48.6 Å². The van der Waals surface area contributed by atoms with E-state index in [1.54, 1.807) is 5.48 Å². The molecule has 4 rings (SSSR count). The van der Waals surface area contributed by atoms with Crippen molar-refractivity contribution in [3.63, 3.8) is 0 Å². The lowest BCUT2D eigenvalue weighted by molar-refractivity contribution is 0.0706. The quantitative estimate of drug-likeness (QED) is 0.320. The highest BCUT2D eigenvalue weighted by Crippen LogP contribution is 2.31. The molecule has 5 nitrogen and oxygen atoms in total. The van der Waals surface area contributed by atoms with Gasteiger partial charge in [0.2, 0.25) is 0 Å². The minimum Gasteiger partial charge on any atom is -0.369 e. The number of nitrogens with one attached hydrogen (secondary N) is 1. The summed E-state index contributed by atoms with van der Waals surface area (Å²) in [6.45, 7) is 2.68. The number of carbonyl (C=O) groups is 1. The van der Waals surface area contributed by atoms with Gasteiger partial charge in [0.25, 0.3) is 5.91 Å². The maximum atomic E-state index is 12.4. The van der Waals surface area contributed by atoms with Crippen LogP contribution >= 0.6 is 0 Å². The maximum Gasteiger partial charge on any atom is 0.278 e. The van der Waals surface area contributed by atoms with Gasteiger partial charge in [-0.25, -0.2) is 5.48 Å². The fraction of sp³-hybridized carbons (Fsp3) is 0.185. The van der Waals surface area contributed by atoms with Crippen LogP contribution in [0, 0.1) is 6.92 Å². The number of hydrogen-bond donors (Lipinski definition) is 2. The molecule has 0 aliphatic rings. The number of aryl methyl sites for hydroxylation is 3. The lowest BCUT2D eigenvalue weighted by Crippen LogP contribution is -2.25. The third-order valence-corrected chi connectivity index (χ3v) is 5.72. The van der Waals surface area contributed by atoms with Crippen molar-refractivity contribution in [1.29, 1.82) is 0 Å². The Bertz CT molecular complexity index is 1220. The first-order chi connectivity index (χ1) is 15.5. The van der Waals surface area contributed by atoms with Crippen molar-refractivity contribution in [2.45, 2.75) is 26.3 Å². The number of benzene rings is 3. The molecule has 0 saturated heterocycles. The Morgan fingerprint density at radius 3 is 2.34 bits per heavy atom. The Hall–Kier alpha value is -3.70. The third kappa shape index (κ3) is 4.79. The standard InChI is InChI=1S/C27H27N3O2/c1-19-8-10-22(11-9-19)18-30(2)26-23-16-21(13-12-20-6-4-3-5-7-20)14-15-25(23)28-17-24(26)27(31)29-32/h3-11,14-17,32H,12-13,18H2,1-2H3,(H,29,31). The molecule has 0 atom stereocenters. The molecule has 32 heavy (non-hydrogen) atoms. The first-order valence-electron chi connectivity index (χ1n) is 10.7. The molecule has 1 amide bonds. The van der Waals surface area contributed by atoms with E-state index in [0.29, 0.717) is 12.1 Å². The van der Waals surface area contributed by atoms with Crippen LogP contribution in [0.3, 0.4) is 0 Å². The van der Waals surface area contributed by atoms with Crippen molar-refractivity contribution in [3.05, 3.63) is 107 Å².